The van der Waals surface area contributed by atoms with E-state index in [-0.39, 0.29) is 19.0 Å². The molecule has 26 heavy (non-hydrogen) atoms. The highest BCUT2D eigenvalue weighted by atomic mass is 79.9. The van der Waals surface area contributed by atoms with Crippen molar-refractivity contribution >= 4 is 28.0 Å². The summed E-state index contributed by atoms with van der Waals surface area (Å²) in [6.07, 6.45) is 3.35. The molecule has 1 aliphatic heterocycles. The highest BCUT2D eigenvalue weighted by molar-refractivity contribution is 9.10. The SMILES string of the molecule is CCN(C)C=Nc1cc(F)c(C2(Oc3ccc(Br)cn3)COC2)cc1C. The minimum atomic E-state index is -0.863. The summed E-state index contributed by atoms with van der Waals surface area (Å²) in [4.78, 5) is 10.5. The highest BCUT2D eigenvalue weighted by Crippen LogP contribution is 2.38. The minimum absolute atomic E-state index is 0.280. The van der Waals surface area contributed by atoms with E-state index in [9.17, 15) is 4.39 Å². The molecule has 7 heteroatoms. The Morgan fingerprint density at radius 1 is 1.42 bits per heavy atom. The van der Waals surface area contributed by atoms with Crippen molar-refractivity contribution in [3.05, 3.63) is 51.9 Å². The molecule has 1 fully saturated rings. The van der Waals surface area contributed by atoms with Crippen LogP contribution in [-0.2, 0) is 10.3 Å². The van der Waals surface area contributed by atoms with Gasteiger partial charge in [0, 0.05) is 42.0 Å². The molecule has 0 unspecified atom stereocenters. The van der Waals surface area contributed by atoms with Crippen LogP contribution in [0.25, 0.3) is 0 Å². The van der Waals surface area contributed by atoms with Crippen LogP contribution >= 0.6 is 15.9 Å². The summed E-state index contributed by atoms with van der Waals surface area (Å²) in [7, 11) is 1.92. The molecule has 2 heterocycles. The van der Waals surface area contributed by atoms with Crippen LogP contribution in [0.4, 0.5) is 10.1 Å². The Balaban J connectivity index is 1.90. The van der Waals surface area contributed by atoms with Gasteiger partial charge in [0.05, 0.1) is 25.2 Å². The summed E-state index contributed by atoms with van der Waals surface area (Å²) in [5.74, 6) is 0.0718. The maximum Gasteiger partial charge on any atom is 0.214 e. The van der Waals surface area contributed by atoms with E-state index in [1.165, 1.54) is 6.07 Å². The second-order valence-corrected chi connectivity index (χ2v) is 7.26. The Kier molecular flexibility index (Phi) is 5.58. The lowest BCUT2D eigenvalue weighted by molar-refractivity contribution is -0.170. The van der Waals surface area contributed by atoms with E-state index in [1.54, 1.807) is 24.7 Å². The van der Waals surface area contributed by atoms with Gasteiger partial charge in [0.2, 0.25) is 5.88 Å². The molecule has 0 aliphatic carbocycles. The first-order valence-corrected chi connectivity index (χ1v) is 9.16. The van der Waals surface area contributed by atoms with Crippen molar-refractivity contribution in [3.63, 3.8) is 0 Å². The number of benzene rings is 1. The van der Waals surface area contributed by atoms with Gasteiger partial charge in [0.15, 0.2) is 5.60 Å². The first-order valence-electron chi connectivity index (χ1n) is 8.37. The molecule has 1 aliphatic rings. The molecular formula is C19H21BrFN3O2. The lowest BCUT2D eigenvalue weighted by Gasteiger charge is -2.41. The van der Waals surface area contributed by atoms with E-state index < -0.39 is 5.60 Å². The Hall–Kier alpha value is -1.99. The average Bonchev–Trinajstić information content (AvgIpc) is 2.60. The summed E-state index contributed by atoms with van der Waals surface area (Å²) in [6, 6.07) is 6.81. The van der Waals surface area contributed by atoms with E-state index in [4.69, 9.17) is 9.47 Å². The smallest absolute Gasteiger partial charge is 0.214 e. The maximum atomic E-state index is 14.9. The van der Waals surface area contributed by atoms with Crippen molar-refractivity contribution in [3.8, 4) is 5.88 Å². The number of pyridine rings is 1. The molecule has 2 aromatic rings. The number of ether oxygens (including phenoxy) is 2. The van der Waals surface area contributed by atoms with Gasteiger partial charge >= 0.3 is 0 Å². The van der Waals surface area contributed by atoms with E-state index in [0.717, 1.165) is 16.6 Å². The number of aliphatic imine (C=N–C) groups is 1. The van der Waals surface area contributed by atoms with Gasteiger partial charge in [-0.1, -0.05) is 0 Å². The van der Waals surface area contributed by atoms with Crippen molar-refractivity contribution in [1.29, 1.82) is 0 Å². The summed E-state index contributed by atoms with van der Waals surface area (Å²) >= 11 is 3.34. The molecule has 138 valence electrons. The van der Waals surface area contributed by atoms with Crippen LogP contribution in [0.3, 0.4) is 0 Å². The number of hydrogen-bond acceptors (Lipinski definition) is 4. The van der Waals surface area contributed by atoms with Crippen LogP contribution in [0, 0.1) is 12.7 Å². The van der Waals surface area contributed by atoms with Gasteiger partial charge in [0.25, 0.3) is 0 Å². The number of halogens is 2. The van der Waals surface area contributed by atoms with Gasteiger partial charge in [0.1, 0.15) is 5.82 Å². The van der Waals surface area contributed by atoms with Crippen molar-refractivity contribution in [2.75, 3.05) is 26.8 Å². The molecule has 0 radical (unpaired) electrons. The predicted molar refractivity (Wildman–Crippen MR) is 103 cm³/mol. The fraction of sp³-hybridized carbons (Fsp3) is 0.368. The van der Waals surface area contributed by atoms with Gasteiger partial charge in [-0.05, 0) is 47.5 Å². The molecule has 0 N–H and O–H groups in total. The van der Waals surface area contributed by atoms with E-state index in [0.29, 0.717) is 17.1 Å². The third kappa shape index (κ3) is 3.88. The topological polar surface area (TPSA) is 47.0 Å². The van der Waals surface area contributed by atoms with Gasteiger partial charge < -0.3 is 14.4 Å². The van der Waals surface area contributed by atoms with Gasteiger partial charge in [-0.25, -0.2) is 14.4 Å². The Morgan fingerprint density at radius 2 is 2.19 bits per heavy atom. The van der Waals surface area contributed by atoms with Crippen molar-refractivity contribution in [1.82, 2.24) is 9.88 Å². The largest absolute Gasteiger partial charge is 0.461 e. The van der Waals surface area contributed by atoms with E-state index in [1.807, 2.05) is 31.9 Å². The molecule has 0 amide bonds. The molecule has 3 rings (SSSR count). The highest BCUT2D eigenvalue weighted by Gasteiger charge is 2.45. The Labute approximate surface area is 161 Å². The summed E-state index contributed by atoms with van der Waals surface area (Å²) in [6.45, 7) is 5.32. The number of aryl methyl sites for hydroxylation is 1. The molecule has 0 atom stereocenters. The second kappa shape index (κ2) is 7.72. The average molecular weight is 422 g/mol. The fourth-order valence-corrected chi connectivity index (χ4v) is 2.82. The molecular weight excluding hydrogens is 401 g/mol. The van der Waals surface area contributed by atoms with Crippen LogP contribution in [0.1, 0.15) is 18.1 Å². The van der Waals surface area contributed by atoms with Crippen LogP contribution in [-0.4, -0.2) is 43.0 Å². The number of hydrogen-bond donors (Lipinski definition) is 0. The number of aromatic nitrogens is 1. The first kappa shape index (κ1) is 18.8. The van der Waals surface area contributed by atoms with Gasteiger partial charge in [-0.3, -0.25) is 0 Å². The summed E-state index contributed by atoms with van der Waals surface area (Å²) in [5, 5.41) is 0. The van der Waals surface area contributed by atoms with Crippen LogP contribution in [0.15, 0.2) is 39.9 Å². The lowest BCUT2D eigenvalue weighted by Crippen LogP contribution is -2.52. The zero-order valence-corrected chi connectivity index (χ0v) is 16.6. The predicted octanol–water partition coefficient (Wildman–Crippen LogP) is 4.21. The van der Waals surface area contributed by atoms with Crippen molar-refractivity contribution in [2.24, 2.45) is 4.99 Å². The van der Waals surface area contributed by atoms with Gasteiger partial charge in [-0.2, -0.15) is 0 Å². The normalized spacial score (nSPS) is 15.7. The molecule has 1 aromatic heterocycles. The molecule has 1 saturated heterocycles. The third-order valence-electron chi connectivity index (χ3n) is 4.34. The quantitative estimate of drug-likeness (QED) is 0.517. The van der Waals surface area contributed by atoms with E-state index >= 15 is 0 Å². The van der Waals surface area contributed by atoms with Crippen molar-refractivity contribution < 1.29 is 13.9 Å². The Morgan fingerprint density at radius 3 is 2.77 bits per heavy atom. The zero-order valence-electron chi connectivity index (χ0n) is 15.0. The lowest BCUT2D eigenvalue weighted by atomic mass is 9.89. The number of rotatable bonds is 6. The molecule has 5 nitrogen and oxygen atoms in total. The Bertz CT molecular complexity index is 807. The third-order valence-corrected chi connectivity index (χ3v) is 4.81. The van der Waals surface area contributed by atoms with Crippen LogP contribution in [0.2, 0.25) is 0 Å². The zero-order chi connectivity index (χ0) is 18.7. The van der Waals surface area contributed by atoms with Crippen LogP contribution in [0.5, 0.6) is 5.88 Å². The summed E-state index contributed by atoms with van der Waals surface area (Å²) < 4.78 is 27.1. The molecule has 1 aromatic carbocycles. The summed E-state index contributed by atoms with van der Waals surface area (Å²) in [5.41, 5.74) is 1.08. The number of nitrogens with zero attached hydrogens (tertiary/aromatic N) is 3. The van der Waals surface area contributed by atoms with E-state index in [2.05, 4.69) is 25.9 Å². The maximum absolute atomic E-state index is 14.9. The van der Waals surface area contributed by atoms with Crippen LogP contribution < -0.4 is 4.74 Å². The minimum Gasteiger partial charge on any atom is -0.461 e. The van der Waals surface area contributed by atoms with Gasteiger partial charge in [-0.15, -0.1) is 0 Å². The fourth-order valence-electron chi connectivity index (χ4n) is 2.58. The van der Waals surface area contributed by atoms with Crippen molar-refractivity contribution in [2.45, 2.75) is 19.4 Å². The standard InChI is InChI=1S/C19H21BrFN3O2/c1-4-24(3)12-23-17-8-16(21)15(7-13(17)2)19(10-25-11-19)26-18-6-5-14(20)9-22-18/h5-9,12H,4,10-11H2,1-3H3. The second-order valence-electron chi connectivity index (χ2n) is 6.34. The molecule has 0 spiro atoms. The monoisotopic (exact) mass is 421 g/mol. The molecule has 0 saturated carbocycles. The molecule has 0 bridgehead atoms. The first-order chi connectivity index (χ1) is 12.4.